The van der Waals surface area contributed by atoms with E-state index in [9.17, 15) is 4.79 Å². The molecule has 5 nitrogen and oxygen atoms in total. The molecule has 0 bridgehead atoms. The highest BCUT2D eigenvalue weighted by atomic mass is 32.2. The van der Waals surface area contributed by atoms with Gasteiger partial charge in [-0.05, 0) is 37.6 Å². The lowest BCUT2D eigenvalue weighted by molar-refractivity contribution is 0.0844. The van der Waals surface area contributed by atoms with Gasteiger partial charge in [-0.15, -0.1) is 0 Å². The quantitative estimate of drug-likeness (QED) is 0.850. The van der Waals surface area contributed by atoms with Crippen LogP contribution in [0.3, 0.4) is 0 Å². The molecule has 6 heteroatoms. The predicted octanol–water partition coefficient (Wildman–Crippen LogP) is 3.75. The van der Waals surface area contributed by atoms with Gasteiger partial charge in [0.1, 0.15) is 5.56 Å². The number of amidine groups is 1. The largest absolute Gasteiger partial charge is 0.477 e. The summed E-state index contributed by atoms with van der Waals surface area (Å²) in [5.41, 5.74) is 1.32. The summed E-state index contributed by atoms with van der Waals surface area (Å²) in [6.45, 7) is 3.00. The number of amides is 1. The van der Waals surface area contributed by atoms with Crippen molar-refractivity contribution in [3.05, 3.63) is 54.2 Å². The third kappa shape index (κ3) is 3.76. The summed E-state index contributed by atoms with van der Waals surface area (Å²) in [5, 5.41) is 0.726. The number of aromatic nitrogens is 1. The van der Waals surface area contributed by atoms with Crippen LogP contribution in [-0.2, 0) is 0 Å². The molecular weight excluding hydrogens is 322 g/mol. The normalized spacial score (nSPS) is 16.2. The van der Waals surface area contributed by atoms with Gasteiger partial charge in [0.05, 0.1) is 12.3 Å². The number of rotatable bonds is 4. The summed E-state index contributed by atoms with van der Waals surface area (Å²) in [5.74, 6) is 1.22. The van der Waals surface area contributed by atoms with Crippen molar-refractivity contribution in [2.75, 3.05) is 18.9 Å². The SMILES string of the molecule is CCOc1ncccc1C(=O)N1CCCSC1=Nc1ccccc1. The van der Waals surface area contributed by atoms with Crippen molar-refractivity contribution in [2.45, 2.75) is 13.3 Å². The smallest absolute Gasteiger partial charge is 0.265 e. The predicted molar refractivity (Wildman–Crippen MR) is 97.1 cm³/mol. The number of benzene rings is 1. The molecule has 0 unspecified atom stereocenters. The molecule has 124 valence electrons. The number of nitrogens with zero attached hydrogens (tertiary/aromatic N) is 3. The van der Waals surface area contributed by atoms with Gasteiger partial charge in [-0.25, -0.2) is 9.98 Å². The first kappa shape index (κ1) is 16.5. The Morgan fingerprint density at radius 1 is 1.29 bits per heavy atom. The second kappa shape index (κ2) is 7.97. The zero-order chi connectivity index (χ0) is 16.8. The van der Waals surface area contributed by atoms with Crippen molar-refractivity contribution >= 4 is 28.5 Å². The lowest BCUT2D eigenvalue weighted by atomic mass is 10.2. The Morgan fingerprint density at radius 2 is 2.12 bits per heavy atom. The van der Waals surface area contributed by atoms with Crippen LogP contribution in [0.1, 0.15) is 23.7 Å². The molecule has 1 aromatic carbocycles. The summed E-state index contributed by atoms with van der Waals surface area (Å²) >= 11 is 1.60. The highest BCUT2D eigenvalue weighted by Crippen LogP contribution is 2.25. The van der Waals surface area contributed by atoms with Gasteiger partial charge in [0.25, 0.3) is 5.91 Å². The Bertz CT molecular complexity index is 734. The molecule has 2 heterocycles. The molecular formula is C18H19N3O2S. The number of para-hydroxylation sites is 1. The van der Waals surface area contributed by atoms with Gasteiger partial charge in [0, 0.05) is 18.5 Å². The van der Waals surface area contributed by atoms with Gasteiger partial charge < -0.3 is 4.74 Å². The minimum Gasteiger partial charge on any atom is -0.477 e. The Morgan fingerprint density at radius 3 is 2.92 bits per heavy atom. The molecule has 1 saturated heterocycles. The summed E-state index contributed by atoms with van der Waals surface area (Å²) in [6, 6.07) is 13.2. The van der Waals surface area contributed by atoms with Crippen molar-refractivity contribution in [1.29, 1.82) is 0 Å². The molecule has 1 aromatic heterocycles. The monoisotopic (exact) mass is 341 g/mol. The maximum atomic E-state index is 13.0. The van der Waals surface area contributed by atoms with E-state index in [1.807, 2.05) is 37.3 Å². The minimum atomic E-state index is -0.117. The molecule has 1 fully saturated rings. The standard InChI is InChI=1S/C18H19N3O2S/c1-2-23-16-15(10-6-11-19-16)17(22)21-12-7-13-24-18(21)20-14-8-4-3-5-9-14/h3-6,8-11H,2,7,12-13H2,1H3. The van der Waals surface area contributed by atoms with Gasteiger partial charge in [0.2, 0.25) is 5.88 Å². The van der Waals surface area contributed by atoms with Crippen LogP contribution in [0.25, 0.3) is 0 Å². The van der Waals surface area contributed by atoms with E-state index >= 15 is 0 Å². The number of hydrogen-bond donors (Lipinski definition) is 0. The Labute approximate surface area is 145 Å². The third-order valence-corrected chi connectivity index (χ3v) is 4.56. The lowest BCUT2D eigenvalue weighted by Gasteiger charge is -2.28. The molecule has 24 heavy (non-hydrogen) atoms. The minimum absolute atomic E-state index is 0.117. The van der Waals surface area contributed by atoms with E-state index in [-0.39, 0.29) is 5.91 Å². The van der Waals surface area contributed by atoms with Crippen LogP contribution in [0.4, 0.5) is 5.69 Å². The Balaban J connectivity index is 1.91. The maximum absolute atomic E-state index is 13.0. The van der Waals surface area contributed by atoms with Crippen LogP contribution < -0.4 is 4.74 Å². The van der Waals surface area contributed by atoms with E-state index < -0.39 is 0 Å². The highest BCUT2D eigenvalue weighted by Gasteiger charge is 2.27. The van der Waals surface area contributed by atoms with Crippen LogP contribution in [0.2, 0.25) is 0 Å². The van der Waals surface area contributed by atoms with Gasteiger partial charge >= 0.3 is 0 Å². The Kier molecular flexibility index (Phi) is 5.48. The number of thioether (sulfide) groups is 1. The third-order valence-electron chi connectivity index (χ3n) is 3.50. The zero-order valence-corrected chi connectivity index (χ0v) is 14.3. The molecule has 2 aromatic rings. The van der Waals surface area contributed by atoms with Crippen LogP contribution in [0, 0.1) is 0 Å². The number of ether oxygens (including phenoxy) is 1. The van der Waals surface area contributed by atoms with Crippen molar-refractivity contribution in [1.82, 2.24) is 9.88 Å². The molecule has 0 radical (unpaired) electrons. The fraction of sp³-hybridized carbons (Fsp3) is 0.278. The van der Waals surface area contributed by atoms with E-state index in [2.05, 4.69) is 9.98 Å². The topological polar surface area (TPSA) is 54.8 Å². The summed E-state index contributed by atoms with van der Waals surface area (Å²) in [4.78, 5) is 23.6. The lowest BCUT2D eigenvalue weighted by Crippen LogP contribution is -2.39. The van der Waals surface area contributed by atoms with Crippen LogP contribution in [0.15, 0.2) is 53.7 Å². The summed E-state index contributed by atoms with van der Waals surface area (Å²) in [6.07, 6.45) is 2.57. The van der Waals surface area contributed by atoms with Crippen LogP contribution in [0.5, 0.6) is 5.88 Å². The summed E-state index contributed by atoms with van der Waals surface area (Å²) in [7, 11) is 0. The number of aliphatic imine (C=N–C) groups is 1. The van der Waals surface area contributed by atoms with Crippen LogP contribution in [-0.4, -0.2) is 39.9 Å². The van der Waals surface area contributed by atoms with Gasteiger partial charge in [-0.2, -0.15) is 0 Å². The molecule has 1 aliphatic heterocycles. The number of hydrogen-bond acceptors (Lipinski definition) is 5. The van der Waals surface area contributed by atoms with E-state index in [4.69, 9.17) is 4.74 Å². The molecule has 0 atom stereocenters. The van der Waals surface area contributed by atoms with Crippen molar-refractivity contribution < 1.29 is 9.53 Å². The first-order chi connectivity index (χ1) is 11.8. The fourth-order valence-electron chi connectivity index (χ4n) is 2.40. The van der Waals surface area contributed by atoms with E-state index in [1.165, 1.54) is 0 Å². The van der Waals surface area contributed by atoms with Gasteiger partial charge in [-0.1, -0.05) is 30.0 Å². The molecule has 1 aliphatic rings. The van der Waals surface area contributed by atoms with Crippen molar-refractivity contribution in [2.24, 2.45) is 4.99 Å². The molecule has 0 saturated carbocycles. The van der Waals surface area contributed by atoms with Crippen LogP contribution >= 0.6 is 11.8 Å². The maximum Gasteiger partial charge on any atom is 0.265 e. The van der Waals surface area contributed by atoms with Crippen molar-refractivity contribution in [3.8, 4) is 5.88 Å². The molecule has 0 N–H and O–H groups in total. The second-order valence-electron chi connectivity index (χ2n) is 5.18. The average Bonchev–Trinajstić information content (AvgIpc) is 2.63. The first-order valence-corrected chi connectivity index (χ1v) is 8.94. The van der Waals surface area contributed by atoms with E-state index in [1.54, 1.807) is 35.0 Å². The number of carbonyl (C=O) groups is 1. The van der Waals surface area contributed by atoms with Gasteiger partial charge in [-0.3, -0.25) is 9.69 Å². The van der Waals surface area contributed by atoms with Gasteiger partial charge in [0.15, 0.2) is 5.17 Å². The molecule has 0 aliphatic carbocycles. The number of pyridine rings is 1. The van der Waals surface area contributed by atoms with E-state index in [0.717, 1.165) is 23.0 Å². The van der Waals surface area contributed by atoms with Crippen molar-refractivity contribution in [3.63, 3.8) is 0 Å². The number of carbonyl (C=O) groups excluding carboxylic acids is 1. The first-order valence-electron chi connectivity index (χ1n) is 7.96. The summed E-state index contributed by atoms with van der Waals surface area (Å²) < 4.78 is 5.50. The second-order valence-corrected chi connectivity index (χ2v) is 6.24. The van der Waals surface area contributed by atoms with E-state index in [0.29, 0.717) is 24.6 Å². The Hall–Kier alpha value is -2.34. The zero-order valence-electron chi connectivity index (χ0n) is 13.5. The fourth-order valence-corrected chi connectivity index (χ4v) is 3.36. The molecule has 3 rings (SSSR count). The molecule has 0 spiro atoms. The molecule has 1 amide bonds. The highest BCUT2D eigenvalue weighted by molar-refractivity contribution is 8.13. The average molecular weight is 341 g/mol.